The first-order valence-electron chi connectivity index (χ1n) is 5.33. The lowest BCUT2D eigenvalue weighted by Gasteiger charge is -1.96. The Morgan fingerprint density at radius 3 is 1.36 bits per heavy atom. The van der Waals surface area contributed by atoms with Crippen LogP contribution in [0.2, 0.25) is 0 Å². The zero-order valence-electron chi connectivity index (χ0n) is 8.72. The van der Waals surface area contributed by atoms with E-state index in [0.29, 0.717) is 0 Å². The summed E-state index contributed by atoms with van der Waals surface area (Å²) in [5.74, 6) is 0. The first kappa shape index (κ1) is 14.9. The number of hydrogen-bond acceptors (Lipinski definition) is 0. The second kappa shape index (κ2) is 13.9. The van der Waals surface area contributed by atoms with Gasteiger partial charge in [0, 0.05) is 8.86 Å². The standard InChI is InChI=1S/C12H20I2/c13-11-9-7-5-3-1-2-4-6-8-10-12-14/h7-10H,1-6,11-12H2/b9-7+,10-8+. The SMILES string of the molecule is IC/C=C/CCCCCC/C=C/CI. The zero-order chi connectivity index (χ0) is 10.5. The highest BCUT2D eigenvalue weighted by Crippen LogP contribution is 2.06. The molecule has 0 heterocycles. The van der Waals surface area contributed by atoms with Gasteiger partial charge in [0.1, 0.15) is 0 Å². The zero-order valence-corrected chi connectivity index (χ0v) is 13.0. The molecule has 0 saturated heterocycles. The monoisotopic (exact) mass is 418 g/mol. The van der Waals surface area contributed by atoms with Crippen molar-refractivity contribution in [2.75, 3.05) is 8.86 Å². The molecule has 0 amide bonds. The van der Waals surface area contributed by atoms with Crippen LogP contribution in [-0.4, -0.2) is 8.86 Å². The van der Waals surface area contributed by atoms with Crippen molar-refractivity contribution in [3.05, 3.63) is 24.3 Å². The summed E-state index contributed by atoms with van der Waals surface area (Å²) in [7, 11) is 0. The molecule has 0 N–H and O–H groups in total. The van der Waals surface area contributed by atoms with Crippen LogP contribution in [0.25, 0.3) is 0 Å². The van der Waals surface area contributed by atoms with Crippen LogP contribution >= 0.6 is 45.2 Å². The molecule has 0 aromatic rings. The minimum atomic E-state index is 1.15. The molecule has 82 valence electrons. The van der Waals surface area contributed by atoms with E-state index in [4.69, 9.17) is 0 Å². The highest BCUT2D eigenvalue weighted by atomic mass is 127. The first-order chi connectivity index (χ1) is 6.91. The fourth-order valence-electron chi connectivity index (χ4n) is 1.24. The van der Waals surface area contributed by atoms with E-state index >= 15 is 0 Å². The third-order valence-corrected chi connectivity index (χ3v) is 3.02. The Hall–Kier alpha value is 0.940. The third-order valence-electron chi connectivity index (χ3n) is 2.00. The van der Waals surface area contributed by atoms with Gasteiger partial charge in [0.25, 0.3) is 0 Å². The topological polar surface area (TPSA) is 0 Å². The van der Waals surface area contributed by atoms with Crippen molar-refractivity contribution in [2.45, 2.75) is 38.5 Å². The van der Waals surface area contributed by atoms with Gasteiger partial charge in [-0.3, -0.25) is 0 Å². The molecular weight excluding hydrogens is 398 g/mol. The van der Waals surface area contributed by atoms with Gasteiger partial charge in [-0.2, -0.15) is 0 Å². The van der Waals surface area contributed by atoms with Gasteiger partial charge in [0.05, 0.1) is 0 Å². The Morgan fingerprint density at radius 2 is 1.00 bits per heavy atom. The van der Waals surface area contributed by atoms with Crippen LogP contribution in [0.1, 0.15) is 38.5 Å². The van der Waals surface area contributed by atoms with E-state index in [-0.39, 0.29) is 0 Å². The number of rotatable bonds is 9. The van der Waals surface area contributed by atoms with Crippen LogP contribution in [0.3, 0.4) is 0 Å². The van der Waals surface area contributed by atoms with Gasteiger partial charge in [0.2, 0.25) is 0 Å². The van der Waals surface area contributed by atoms with Gasteiger partial charge < -0.3 is 0 Å². The van der Waals surface area contributed by atoms with Crippen molar-refractivity contribution < 1.29 is 0 Å². The van der Waals surface area contributed by atoms with Crippen LogP contribution < -0.4 is 0 Å². The fraction of sp³-hybridized carbons (Fsp3) is 0.667. The van der Waals surface area contributed by atoms with Gasteiger partial charge in [-0.15, -0.1) is 0 Å². The lowest BCUT2D eigenvalue weighted by molar-refractivity contribution is 0.652. The molecule has 0 aliphatic carbocycles. The number of unbranched alkanes of at least 4 members (excludes halogenated alkanes) is 5. The van der Waals surface area contributed by atoms with Crippen LogP contribution in [0.5, 0.6) is 0 Å². The second-order valence-corrected chi connectivity index (χ2v) is 5.00. The van der Waals surface area contributed by atoms with E-state index in [1.165, 1.54) is 38.5 Å². The predicted octanol–water partition coefficient (Wildman–Crippen LogP) is 5.31. The predicted molar refractivity (Wildman–Crippen MR) is 83.8 cm³/mol. The number of halogens is 2. The first-order valence-corrected chi connectivity index (χ1v) is 8.39. The van der Waals surface area contributed by atoms with Gasteiger partial charge in [-0.1, -0.05) is 82.3 Å². The van der Waals surface area contributed by atoms with E-state index in [2.05, 4.69) is 69.5 Å². The molecule has 0 radical (unpaired) electrons. The number of hydrogen-bond donors (Lipinski definition) is 0. The molecular formula is C12H20I2. The summed E-state index contributed by atoms with van der Waals surface area (Å²) in [5.41, 5.74) is 0. The maximum Gasteiger partial charge on any atom is 0.0175 e. The Kier molecular flexibility index (Phi) is 14.9. The highest BCUT2D eigenvalue weighted by Gasteiger charge is 1.87. The van der Waals surface area contributed by atoms with Crippen molar-refractivity contribution in [1.82, 2.24) is 0 Å². The van der Waals surface area contributed by atoms with Crippen LogP contribution in [0, 0.1) is 0 Å². The van der Waals surface area contributed by atoms with Crippen molar-refractivity contribution in [3.63, 3.8) is 0 Å². The summed E-state index contributed by atoms with van der Waals surface area (Å²) in [6.45, 7) is 0. The van der Waals surface area contributed by atoms with Gasteiger partial charge in [-0.25, -0.2) is 0 Å². The molecule has 0 aliphatic rings. The smallest absolute Gasteiger partial charge is 0.0175 e. The molecule has 0 nitrogen and oxygen atoms in total. The largest absolute Gasteiger partial charge is 0.0878 e. The Bertz CT molecular complexity index is 132. The average Bonchev–Trinajstić information content (AvgIpc) is 2.21. The normalized spacial score (nSPS) is 11.9. The lowest BCUT2D eigenvalue weighted by Crippen LogP contribution is -1.77. The third kappa shape index (κ3) is 12.9. The van der Waals surface area contributed by atoms with E-state index in [1.54, 1.807) is 0 Å². The summed E-state index contributed by atoms with van der Waals surface area (Å²) in [6, 6.07) is 0. The van der Waals surface area contributed by atoms with E-state index < -0.39 is 0 Å². The maximum atomic E-state index is 2.38. The fourth-order valence-corrected chi connectivity index (χ4v) is 1.96. The summed E-state index contributed by atoms with van der Waals surface area (Å²) in [4.78, 5) is 0. The Balaban J connectivity index is 2.99. The Labute approximate surface area is 116 Å². The molecule has 0 aromatic heterocycles. The molecule has 0 bridgehead atoms. The van der Waals surface area contributed by atoms with Crippen molar-refractivity contribution >= 4 is 45.2 Å². The highest BCUT2D eigenvalue weighted by molar-refractivity contribution is 14.1. The number of allylic oxidation sites excluding steroid dienone is 4. The molecule has 0 spiro atoms. The van der Waals surface area contributed by atoms with Gasteiger partial charge >= 0.3 is 0 Å². The number of alkyl halides is 2. The van der Waals surface area contributed by atoms with Crippen LogP contribution in [-0.2, 0) is 0 Å². The summed E-state index contributed by atoms with van der Waals surface area (Å²) in [6.07, 6.45) is 17.2. The lowest BCUT2D eigenvalue weighted by atomic mass is 10.1. The maximum absolute atomic E-state index is 2.38. The van der Waals surface area contributed by atoms with Crippen molar-refractivity contribution in [2.24, 2.45) is 0 Å². The second-order valence-electron chi connectivity index (χ2n) is 3.24. The molecule has 0 fully saturated rings. The minimum absolute atomic E-state index is 1.15. The molecule has 0 atom stereocenters. The van der Waals surface area contributed by atoms with Crippen molar-refractivity contribution in [3.8, 4) is 0 Å². The molecule has 0 unspecified atom stereocenters. The summed E-state index contributed by atoms with van der Waals surface area (Å²) >= 11 is 4.76. The summed E-state index contributed by atoms with van der Waals surface area (Å²) < 4.78 is 2.30. The van der Waals surface area contributed by atoms with Crippen LogP contribution in [0.15, 0.2) is 24.3 Å². The Morgan fingerprint density at radius 1 is 0.571 bits per heavy atom. The molecule has 0 aliphatic heterocycles. The van der Waals surface area contributed by atoms with Gasteiger partial charge in [0.15, 0.2) is 0 Å². The summed E-state index contributed by atoms with van der Waals surface area (Å²) in [5, 5.41) is 0. The van der Waals surface area contributed by atoms with Crippen LogP contribution in [0.4, 0.5) is 0 Å². The molecule has 0 aromatic carbocycles. The quantitative estimate of drug-likeness (QED) is 0.206. The van der Waals surface area contributed by atoms with E-state index in [0.717, 1.165) is 8.86 Å². The molecule has 0 rings (SSSR count). The molecule has 0 saturated carbocycles. The molecule has 2 heteroatoms. The van der Waals surface area contributed by atoms with Gasteiger partial charge in [-0.05, 0) is 25.7 Å². The van der Waals surface area contributed by atoms with E-state index in [1.807, 2.05) is 0 Å². The van der Waals surface area contributed by atoms with E-state index in [9.17, 15) is 0 Å². The van der Waals surface area contributed by atoms with Crippen molar-refractivity contribution in [1.29, 1.82) is 0 Å². The average molecular weight is 418 g/mol. The molecule has 14 heavy (non-hydrogen) atoms. The minimum Gasteiger partial charge on any atom is -0.0878 e.